The fourth-order valence-electron chi connectivity index (χ4n) is 1.94. The zero-order valence-corrected chi connectivity index (χ0v) is 11.4. The highest BCUT2D eigenvalue weighted by Crippen LogP contribution is 2.20. The van der Waals surface area contributed by atoms with Crippen molar-refractivity contribution in [1.29, 1.82) is 0 Å². The smallest absolute Gasteiger partial charge is 0.325 e. The number of hydrogen-bond donors (Lipinski definition) is 1. The van der Waals surface area contributed by atoms with Gasteiger partial charge in [0, 0.05) is 13.1 Å². The Balaban J connectivity index is 2.77. The van der Waals surface area contributed by atoms with E-state index in [1.165, 1.54) is 0 Å². The molecule has 1 N–H and O–H groups in total. The zero-order chi connectivity index (χ0) is 13.9. The summed E-state index contributed by atoms with van der Waals surface area (Å²) in [5, 5.41) is 2.63. The van der Waals surface area contributed by atoms with Gasteiger partial charge in [0.05, 0.1) is 0 Å². The van der Waals surface area contributed by atoms with Gasteiger partial charge in [0.2, 0.25) is 5.91 Å². The molecule has 1 heterocycles. The van der Waals surface area contributed by atoms with Gasteiger partial charge in [0.1, 0.15) is 12.1 Å². The molecule has 1 atom stereocenters. The Labute approximate surface area is 107 Å². The number of carbonyl (C=O) groups is 3. The minimum absolute atomic E-state index is 0.179. The van der Waals surface area contributed by atoms with E-state index in [9.17, 15) is 14.4 Å². The average Bonchev–Trinajstić information content (AvgIpc) is 2.55. The van der Waals surface area contributed by atoms with Crippen molar-refractivity contribution in [1.82, 2.24) is 15.1 Å². The Morgan fingerprint density at radius 1 is 1.28 bits per heavy atom. The summed E-state index contributed by atoms with van der Waals surface area (Å²) >= 11 is 0. The Hall–Kier alpha value is -1.59. The maximum Gasteiger partial charge on any atom is 0.325 e. The van der Waals surface area contributed by atoms with E-state index in [4.69, 9.17) is 0 Å². The van der Waals surface area contributed by atoms with Gasteiger partial charge in [-0.2, -0.15) is 0 Å². The minimum atomic E-state index is -0.874. The molecule has 18 heavy (non-hydrogen) atoms. The molecule has 0 aliphatic carbocycles. The van der Waals surface area contributed by atoms with E-state index in [2.05, 4.69) is 5.32 Å². The Bertz CT molecular complexity index is 366. The molecule has 0 aromatic rings. The van der Waals surface area contributed by atoms with Crippen LogP contribution in [-0.4, -0.2) is 52.8 Å². The third-order valence-corrected chi connectivity index (χ3v) is 3.46. The first kappa shape index (κ1) is 14.5. The van der Waals surface area contributed by atoms with Gasteiger partial charge in [0.15, 0.2) is 0 Å². The number of likely N-dealkylation sites (N-methyl/N-ethyl adjacent to an activating group) is 1. The number of carbonyl (C=O) groups excluding carboxylic acids is 3. The molecule has 1 aliphatic rings. The van der Waals surface area contributed by atoms with Gasteiger partial charge in [-0.1, -0.05) is 6.92 Å². The predicted molar refractivity (Wildman–Crippen MR) is 66.9 cm³/mol. The van der Waals surface area contributed by atoms with E-state index in [0.717, 1.165) is 4.90 Å². The van der Waals surface area contributed by atoms with Gasteiger partial charge in [-0.05, 0) is 27.2 Å². The summed E-state index contributed by atoms with van der Waals surface area (Å²) < 4.78 is 0. The first-order valence-electron chi connectivity index (χ1n) is 6.31. The van der Waals surface area contributed by atoms with Crippen LogP contribution in [0.25, 0.3) is 0 Å². The number of nitrogens with zero attached hydrogens (tertiary/aromatic N) is 2. The van der Waals surface area contributed by atoms with Gasteiger partial charge in [-0.3, -0.25) is 14.5 Å². The molecule has 0 spiro atoms. The van der Waals surface area contributed by atoms with Crippen LogP contribution in [0.3, 0.4) is 0 Å². The van der Waals surface area contributed by atoms with Crippen molar-refractivity contribution in [2.24, 2.45) is 0 Å². The van der Waals surface area contributed by atoms with Crippen molar-refractivity contribution in [2.75, 3.05) is 19.6 Å². The molecule has 4 amide bonds. The highest BCUT2D eigenvalue weighted by atomic mass is 16.2. The fraction of sp³-hybridized carbons (Fsp3) is 0.750. The summed E-state index contributed by atoms with van der Waals surface area (Å²) in [5.41, 5.74) is -0.874. The third kappa shape index (κ3) is 2.47. The van der Waals surface area contributed by atoms with Crippen molar-refractivity contribution in [3.05, 3.63) is 0 Å². The van der Waals surface area contributed by atoms with Gasteiger partial charge >= 0.3 is 6.03 Å². The predicted octanol–water partition coefficient (Wildman–Crippen LogP) is 0.575. The molecule has 6 nitrogen and oxygen atoms in total. The van der Waals surface area contributed by atoms with E-state index in [1.54, 1.807) is 11.8 Å². The largest absolute Gasteiger partial charge is 0.342 e. The Morgan fingerprint density at radius 3 is 2.22 bits per heavy atom. The first-order chi connectivity index (χ1) is 8.39. The summed E-state index contributed by atoms with van der Waals surface area (Å²) in [6.07, 6.45) is 0.507. The summed E-state index contributed by atoms with van der Waals surface area (Å²) in [4.78, 5) is 38.3. The second-order valence-corrected chi connectivity index (χ2v) is 4.57. The van der Waals surface area contributed by atoms with Crippen LogP contribution >= 0.6 is 0 Å². The molecule has 0 saturated carbocycles. The molecule has 0 radical (unpaired) electrons. The maximum atomic E-state index is 12.1. The number of rotatable bonds is 5. The zero-order valence-electron chi connectivity index (χ0n) is 11.4. The van der Waals surface area contributed by atoms with Crippen molar-refractivity contribution >= 4 is 17.8 Å². The van der Waals surface area contributed by atoms with Crippen LogP contribution in [0.5, 0.6) is 0 Å². The molecule has 0 aromatic carbocycles. The lowest BCUT2D eigenvalue weighted by Crippen LogP contribution is -2.45. The number of amides is 4. The number of urea groups is 1. The van der Waals surface area contributed by atoms with Crippen LogP contribution in [0, 0.1) is 0 Å². The molecule has 1 saturated heterocycles. The summed E-state index contributed by atoms with van der Waals surface area (Å²) in [6, 6.07) is -0.482. The van der Waals surface area contributed by atoms with Gasteiger partial charge in [0.25, 0.3) is 5.91 Å². The molecule has 6 heteroatoms. The SMILES string of the molecule is CCN(CC)C(=O)CN1C(=O)N[C@@](C)(CC)C1=O. The van der Waals surface area contributed by atoms with E-state index in [1.807, 2.05) is 20.8 Å². The third-order valence-electron chi connectivity index (χ3n) is 3.46. The standard InChI is InChI=1S/C12H21N3O3/c1-5-12(4)10(17)15(11(18)13-12)8-9(16)14(6-2)7-3/h5-8H2,1-4H3,(H,13,18)/t12-/m0/s1. The lowest BCUT2D eigenvalue weighted by molar-refractivity contribution is -0.138. The van der Waals surface area contributed by atoms with Gasteiger partial charge < -0.3 is 10.2 Å². The fourth-order valence-corrected chi connectivity index (χ4v) is 1.94. The second kappa shape index (κ2) is 5.37. The second-order valence-electron chi connectivity index (χ2n) is 4.57. The topological polar surface area (TPSA) is 69.7 Å². The van der Waals surface area contributed by atoms with Crippen LogP contribution in [0.15, 0.2) is 0 Å². The summed E-state index contributed by atoms with van der Waals surface area (Å²) in [7, 11) is 0. The summed E-state index contributed by atoms with van der Waals surface area (Å²) in [6.45, 7) is 8.20. The van der Waals surface area contributed by atoms with Crippen LogP contribution in [0.4, 0.5) is 4.79 Å². The molecule has 1 rings (SSSR count). The van der Waals surface area contributed by atoms with Gasteiger partial charge in [-0.25, -0.2) is 4.79 Å². The average molecular weight is 255 g/mol. The summed E-state index contributed by atoms with van der Waals surface area (Å²) in [5.74, 6) is -0.528. The number of hydrogen-bond acceptors (Lipinski definition) is 3. The molecule has 102 valence electrons. The van der Waals surface area contributed by atoms with E-state index >= 15 is 0 Å². The van der Waals surface area contributed by atoms with Crippen LogP contribution in [-0.2, 0) is 9.59 Å². The quantitative estimate of drug-likeness (QED) is 0.730. The molecule has 1 aliphatic heterocycles. The molecule has 0 bridgehead atoms. The van der Waals surface area contributed by atoms with E-state index in [-0.39, 0.29) is 18.4 Å². The number of nitrogens with one attached hydrogen (secondary N) is 1. The molecular weight excluding hydrogens is 234 g/mol. The normalized spacial score (nSPS) is 23.2. The maximum absolute atomic E-state index is 12.1. The van der Waals surface area contributed by atoms with E-state index < -0.39 is 11.6 Å². The van der Waals surface area contributed by atoms with Crippen LogP contribution in [0.2, 0.25) is 0 Å². The van der Waals surface area contributed by atoms with E-state index in [0.29, 0.717) is 19.5 Å². The molecule has 1 fully saturated rings. The highest BCUT2D eigenvalue weighted by molar-refractivity contribution is 6.08. The van der Waals surface area contributed by atoms with Crippen molar-refractivity contribution in [3.63, 3.8) is 0 Å². The van der Waals surface area contributed by atoms with Crippen LogP contribution < -0.4 is 5.32 Å². The Kier molecular flexibility index (Phi) is 4.32. The monoisotopic (exact) mass is 255 g/mol. The lowest BCUT2D eigenvalue weighted by atomic mass is 9.99. The first-order valence-corrected chi connectivity index (χ1v) is 6.31. The van der Waals surface area contributed by atoms with Crippen LogP contribution in [0.1, 0.15) is 34.1 Å². The molecule has 0 unspecified atom stereocenters. The highest BCUT2D eigenvalue weighted by Gasteiger charge is 2.47. The molecule has 0 aromatic heterocycles. The lowest BCUT2D eigenvalue weighted by Gasteiger charge is -2.22. The molecular formula is C12H21N3O3. The van der Waals surface area contributed by atoms with Crippen molar-refractivity contribution < 1.29 is 14.4 Å². The van der Waals surface area contributed by atoms with Gasteiger partial charge in [-0.15, -0.1) is 0 Å². The minimum Gasteiger partial charge on any atom is -0.342 e. The number of imide groups is 1. The Morgan fingerprint density at radius 2 is 1.83 bits per heavy atom. The van der Waals surface area contributed by atoms with Crippen molar-refractivity contribution in [3.8, 4) is 0 Å². The van der Waals surface area contributed by atoms with Crippen molar-refractivity contribution in [2.45, 2.75) is 39.7 Å².